The van der Waals surface area contributed by atoms with Crippen LogP contribution in [-0.4, -0.2) is 35.7 Å². The maximum Gasteiger partial charge on any atom is 0.337 e. The van der Waals surface area contributed by atoms with Crippen LogP contribution in [0, 0.1) is 0 Å². The van der Waals surface area contributed by atoms with Crippen molar-refractivity contribution in [3.63, 3.8) is 0 Å². The highest BCUT2D eigenvalue weighted by atomic mass is 32.2. The number of hydrogen-bond donors (Lipinski definition) is 0. The first-order chi connectivity index (χ1) is 12.5. The van der Waals surface area contributed by atoms with Crippen LogP contribution in [0.3, 0.4) is 0 Å². The fourth-order valence-electron chi connectivity index (χ4n) is 2.52. The van der Waals surface area contributed by atoms with E-state index in [-0.39, 0.29) is 11.1 Å². The molecule has 6 nitrogen and oxygen atoms in total. The molecule has 1 aliphatic heterocycles. The van der Waals surface area contributed by atoms with E-state index in [9.17, 15) is 14.4 Å². The summed E-state index contributed by atoms with van der Waals surface area (Å²) in [6, 6.07) is 10.3. The Balaban J connectivity index is 1.79. The molecule has 134 valence electrons. The van der Waals surface area contributed by atoms with Gasteiger partial charge in [0.25, 0.3) is 11.1 Å². The van der Waals surface area contributed by atoms with Gasteiger partial charge in [0.15, 0.2) is 0 Å². The number of carbonyl (C=O) groups excluding carboxylic acids is 3. The Hall–Kier alpha value is -2.80. The van der Waals surface area contributed by atoms with Gasteiger partial charge >= 0.3 is 5.97 Å². The van der Waals surface area contributed by atoms with E-state index in [4.69, 9.17) is 4.42 Å². The Morgan fingerprint density at radius 2 is 1.92 bits per heavy atom. The summed E-state index contributed by atoms with van der Waals surface area (Å²) < 4.78 is 10.4. The molecule has 1 fully saturated rings. The quantitative estimate of drug-likeness (QED) is 0.580. The summed E-state index contributed by atoms with van der Waals surface area (Å²) in [5.74, 6) is 0.390. The van der Waals surface area contributed by atoms with Crippen LogP contribution in [0.1, 0.15) is 29.5 Å². The van der Waals surface area contributed by atoms with E-state index in [0.29, 0.717) is 28.5 Å². The standard InChI is InChI=1S/C19H17NO5S/c1-3-10-20-17(21)16(26-19(20)23)11-14-8-9-15(25-14)12-4-6-13(7-5-12)18(22)24-2/h4-9,11H,3,10H2,1-2H3/b16-11+. The average Bonchev–Trinajstić information content (AvgIpc) is 3.22. The summed E-state index contributed by atoms with van der Waals surface area (Å²) in [7, 11) is 1.33. The van der Waals surface area contributed by atoms with Crippen molar-refractivity contribution < 1.29 is 23.5 Å². The lowest BCUT2D eigenvalue weighted by Gasteiger charge is -2.09. The van der Waals surface area contributed by atoms with Crippen LogP contribution in [0.2, 0.25) is 0 Å². The number of nitrogens with zero attached hydrogens (tertiary/aromatic N) is 1. The normalized spacial score (nSPS) is 15.8. The maximum absolute atomic E-state index is 12.2. The molecule has 3 rings (SSSR count). The molecule has 0 saturated carbocycles. The van der Waals surface area contributed by atoms with Gasteiger partial charge in [-0.25, -0.2) is 4.79 Å². The van der Waals surface area contributed by atoms with Gasteiger partial charge in [-0.2, -0.15) is 0 Å². The molecule has 2 amide bonds. The zero-order valence-corrected chi connectivity index (χ0v) is 15.2. The van der Waals surface area contributed by atoms with E-state index >= 15 is 0 Å². The molecule has 0 spiro atoms. The summed E-state index contributed by atoms with van der Waals surface area (Å²) >= 11 is 0.916. The van der Waals surface area contributed by atoms with Crippen LogP contribution in [0.15, 0.2) is 45.7 Å². The highest BCUT2D eigenvalue weighted by Gasteiger charge is 2.34. The van der Waals surface area contributed by atoms with Crippen molar-refractivity contribution in [2.45, 2.75) is 13.3 Å². The van der Waals surface area contributed by atoms with Gasteiger partial charge < -0.3 is 9.15 Å². The number of imide groups is 1. The molecule has 2 heterocycles. The van der Waals surface area contributed by atoms with Gasteiger partial charge in [0.1, 0.15) is 11.5 Å². The van der Waals surface area contributed by atoms with Crippen LogP contribution in [0.5, 0.6) is 0 Å². The van der Waals surface area contributed by atoms with Crippen molar-refractivity contribution in [2.24, 2.45) is 0 Å². The lowest BCUT2D eigenvalue weighted by atomic mass is 10.1. The van der Waals surface area contributed by atoms with Crippen molar-refractivity contribution in [3.05, 3.63) is 52.6 Å². The number of carbonyl (C=O) groups is 3. The number of ether oxygens (including phenoxy) is 1. The topological polar surface area (TPSA) is 76.8 Å². The lowest BCUT2D eigenvalue weighted by molar-refractivity contribution is -0.122. The number of benzene rings is 1. The number of rotatable bonds is 5. The number of methoxy groups -OCH3 is 1. The minimum absolute atomic E-state index is 0.256. The van der Waals surface area contributed by atoms with E-state index in [1.807, 2.05) is 6.92 Å². The van der Waals surface area contributed by atoms with Crippen molar-refractivity contribution in [1.82, 2.24) is 4.90 Å². The lowest BCUT2D eigenvalue weighted by Crippen LogP contribution is -2.28. The molecule has 1 aromatic carbocycles. The van der Waals surface area contributed by atoms with Crippen molar-refractivity contribution >= 4 is 35.0 Å². The zero-order chi connectivity index (χ0) is 18.7. The second kappa shape index (κ2) is 7.61. The molecular weight excluding hydrogens is 354 g/mol. The second-order valence-electron chi connectivity index (χ2n) is 5.60. The Labute approximate surface area is 154 Å². The third-order valence-corrected chi connectivity index (χ3v) is 4.72. The van der Waals surface area contributed by atoms with Crippen LogP contribution in [0.25, 0.3) is 17.4 Å². The third kappa shape index (κ3) is 3.57. The molecule has 26 heavy (non-hydrogen) atoms. The monoisotopic (exact) mass is 371 g/mol. The average molecular weight is 371 g/mol. The van der Waals surface area contributed by atoms with Gasteiger partial charge in [-0.3, -0.25) is 14.5 Å². The van der Waals surface area contributed by atoms with Gasteiger partial charge in [-0.05, 0) is 42.4 Å². The summed E-state index contributed by atoms with van der Waals surface area (Å²) in [5, 5.41) is -0.256. The van der Waals surface area contributed by atoms with Crippen molar-refractivity contribution in [1.29, 1.82) is 0 Å². The second-order valence-corrected chi connectivity index (χ2v) is 6.60. The van der Waals surface area contributed by atoms with E-state index in [1.54, 1.807) is 42.5 Å². The van der Waals surface area contributed by atoms with Crippen LogP contribution in [-0.2, 0) is 9.53 Å². The minimum atomic E-state index is -0.403. The van der Waals surface area contributed by atoms with Crippen molar-refractivity contribution in [3.8, 4) is 11.3 Å². The molecule has 0 N–H and O–H groups in total. The van der Waals surface area contributed by atoms with Gasteiger partial charge in [0.2, 0.25) is 0 Å². The Bertz CT molecular complexity index is 882. The van der Waals surface area contributed by atoms with Crippen LogP contribution >= 0.6 is 11.8 Å². The molecule has 0 bridgehead atoms. The zero-order valence-electron chi connectivity index (χ0n) is 14.4. The molecule has 1 saturated heterocycles. The van der Waals surface area contributed by atoms with Gasteiger partial charge in [-0.1, -0.05) is 19.1 Å². The first-order valence-corrected chi connectivity index (χ1v) is 8.89. The molecule has 1 aliphatic rings. The highest BCUT2D eigenvalue weighted by molar-refractivity contribution is 8.18. The predicted octanol–water partition coefficient (Wildman–Crippen LogP) is 4.18. The number of esters is 1. The smallest absolute Gasteiger partial charge is 0.337 e. The Morgan fingerprint density at radius 3 is 2.58 bits per heavy atom. The van der Waals surface area contributed by atoms with Crippen LogP contribution in [0.4, 0.5) is 4.79 Å². The van der Waals surface area contributed by atoms with Gasteiger partial charge in [0, 0.05) is 18.2 Å². The number of amides is 2. The first-order valence-electron chi connectivity index (χ1n) is 8.07. The van der Waals surface area contributed by atoms with E-state index in [2.05, 4.69) is 4.74 Å². The summed E-state index contributed by atoms with van der Waals surface area (Å²) in [6.45, 7) is 2.33. The molecule has 0 atom stereocenters. The fraction of sp³-hybridized carbons (Fsp3) is 0.211. The third-order valence-electron chi connectivity index (χ3n) is 3.81. The van der Waals surface area contributed by atoms with Crippen LogP contribution < -0.4 is 0 Å². The molecule has 7 heteroatoms. The molecule has 2 aromatic rings. The van der Waals surface area contributed by atoms with Gasteiger partial charge in [0.05, 0.1) is 17.6 Å². The Kier molecular flexibility index (Phi) is 5.27. The Morgan fingerprint density at radius 1 is 1.19 bits per heavy atom. The van der Waals surface area contributed by atoms with Gasteiger partial charge in [-0.15, -0.1) is 0 Å². The molecule has 0 radical (unpaired) electrons. The molecule has 0 aliphatic carbocycles. The molecule has 0 unspecified atom stereocenters. The first kappa shape index (κ1) is 18.0. The molecule has 1 aromatic heterocycles. The number of hydrogen-bond acceptors (Lipinski definition) is 6. The highest BCUT2D eigenvalue weighted by Crippen LogP contribution is 2.33. The maximum atomic E-state index is 12.2. The summed E-state index contributed by atoms with van der Waals surface area (Å²) in [5.41, 5.74) is 1.24. The fourth-order valence-corrected chi connectivity index (χ4v) is 3.36. The van der Waals surface area contributed by atoms with E-state index in [1.165, 1.54) is 12.0 Å². The molecular formula is C19H17NO5S. The summed E-state index contributed by atoms with van der Waals surface area (Å²) in [6.07, 6.45) is 2.30. The number of furan rings is 1. The van der Waals surface area contributed by atoms with Crippen molar-refractivity contribution in [2.75, 3.05) is 13.7 Å². The largest absolute Gasteiger partial charge is 0.465 e. The number of thioether (sulfide) groups is 1. The minimum Gasteiger partial charge on any atom is -0.465 e. The van der Waals surface area contributed by atoms with E-state index < -0.39 is 5.97 Å². The predicted molar refractivity (Wildman–Crippen MR) is 98.5 cm³/mol. The van der Waals surface area contributed by atoms with E-state index in [0.717, 1.165) is 23.7 Å². The SMILES string of the molecule is CCCN1C(=O)S/C(=C/c2ccc(-c3ccc(C(=O)OC)cc3)o2)C1=O. The summed E-state index contributed by atoms with van der Waals surface area (Å²) in [4.78, 5) is 37.2.